The van der Waals surface area contributed by atoms with Gasteiger partial charge in [0.15, 0.2) is 0 Å². The number of aliphatic imine (C=N–C) groups is 1. The number of para-hydroxylation sites is 4. The molecule has 11 aromatic rings. The molecular formula is C59H38N4S. The Morgan fingerprint density at radius 1 is 0.453 bits per heavy atom. The van der Waals surface area contributed by atoms with E-state index in [1.165, 1.54) is 81.3 Å². The number of rotatable bonds is 4. The van der Waals surface area contributed by atoms with Gasteiger partial charge in [-0.2, -0.15) is 0 Å². The van der Waals surface area contributed by atoms with E-state index in [1.54, 1.807) is 0 Å². The highest BCUT2D eigenvalue weighted by Gasteiger charge is 2.49. The fraction of sp³-hybridized carbons (Fsp3) is 0.0339. The minimum absolute atomic E-state index is 0.202. The van der Waals surface area contributed by atoms with Gasteiger partial charge in [0.25, 0.3) is 0 Å². The van der Waals surface area contributed by atoms with Crippen LogP contribution in [-0.2, 0) is 5.41 Å². The predicted molar refractivity (Wildman–Crippen MR) is 264 cm³/mol. The second kappa shape index (κ2) is 13.6. The average molecular weight is 835 g/mol. The van der Waals surface area contributed by atoms with Crippen LogP contribution in [0.25, 0.3) is 60.7 Å². The van der Waals surface area contributed by atoms with E-state index < -0.39 is 5.41 Å². The fourth-order valence-electron chi connectivity index (χ4n) is 11.1. The molecule has 5 heterocycles. The highest BCUT2D eigenvalue weighted by Crippen LogP contribution is 2.61. The SMILES string of the molecule is C1=C(c2ccc(-n3c4ccccc4c4cc5c(cc43)C3(c4ccccc4S5)c4ccccc4-n4c5ccccc5c5cccc3c54)cc2)NC(c2ccccc2)N=C1c1ccccc1. The van der Waals surface area contributed by atoms with Crippen molar-refractivity contribution in [3.05, 3.63) is 257 Å². The van der Waals surface area contributed by atoms with Gasteiger partial charge in [0.1, 0.15) is 6.17 Å². The number of nitrogens with one attached hydrogen (secondary N) is 1. The average Bonchev–Trinajstić information content (AvgIpc) is 3.88. The predicted octanol–water partition coefficient (Wildman–Crippen LogP) is 14.2. The van der Waals surface area contributed by atoms with Gasteiger partial charge in [0.2, 0.25) is 0 Å². The summed E-state index contributed by atoms with van der Waals surface area (Å²) in [4.78, 5) is 7.77. The first-order valence-corrected chi connectivity index (χ1v) is 22.8. The Morgan fingerprint density at radius 2 is 1.09 bits per heavy atom. The molecule has 0 fully saturated rings. The van der Waals surface area contributed by atoms with E-state index in [1.807, 2.05) is 11.8 Å². The Bertz CT molecular complexity index is 3780. The number of hydrogen-bond acceptors (Lipinski definition) is 3. The lowest BCUT2D eigenvalue weighted by Gasteiger charge is -2.45. The minimum Gasteiger partial charge on any atom is -0.360 e. The summed E-state index contributed by atoms with van der Waals surface area (Å²) in [5.41, 5.74) is 17.3. The lowest BCUT2D eigenvalue weighted by atomic mass is 9.62. The van der Waals surface area contributed by atoms with Crippen molar-refractivity contribution in [3.8, 4) is 11.4 Å². The molecule has 0 amide bonds. The number of fused-ring (bicyclic) bond motifs is 14. The van der Waals surface area contributed by atoms with Crippen LogP contribution in [0.15, 0.2) is 233 Å². The molecule has 4 nitrogen and oxygen atoms in total. The van der Waals surface area contributed by atoms with Crippen molar-refractivity contribution in [2.75, 3.05) is 0 Å². The van der Waals surface area contributed by atoms with Gasteiger partial charge in [-0.05, 0) is 93.6 Å². The fourth-order valence-corrected chi connectivity index (χ4v) is 12.3. The van der Waals surface area contributed by atoms with E-state index in [0.717, 1.165) is 33.8 Å². The highest BCUT2D eigenvalue weighted by molar-refractivity contribution is 7.99. The third kappa shape index (κ3) is 4.93. The lowest BCUT2D eigenvalue weighted by molar-refractivity contribution is 0.664. The van der Waals surface area contributed by atoms with E-state index >= 15 is 0 Å². The first-order chi connectivity index (χ1) is 31.7. The summed E-state index contributed by atoms with van der Waals surface area (Å²) in [6, 6.07) is 78.1. The summed E-state index contributed by atoms with van der Waals surface area (Å²) in [6.45, 7) is 0. The molecule has 0 aliphatic carbocycles. The van der Waals surface area contributed by atoms with Crippen LogP contribution >= 0.6 is 11.8 Å². The zero-order valence-electron chi connectivity index (χ0n) is 34.6. The third-order valence-electron chi connectivity index (χ3n) is 13.8. The van der Waals surface area contributed by atoms with E-state index in [2.05, 4.69) is 233 Å². The van der Waals surface area contributed by atoms with Crippen LogP contribution in [0.4, 0.5) is 0 Å². The van der Waals surface area contributed by atoms with Crippen molar-refractivity contribution in [1.82, 2.24) is 14.5 Å². The molecule has 5 heteroatoms. The normalized spacial score (nSPS) is 17.2. The van der Waals surface area contributed by atoms with Crippen LogP contribution in [0.1, 0.15) is 45.1 Å². The summed E-state index contributed by atoms with van der Waals surface area (Å²) in [5.74, 6) is 0. The molecular weight excluding hydrogens is 797 g/mol. The van der Waals surface area contributed by atoms with Crippen molar-refractivity contribution in [3.63, 3.8) is 0 Å². The molecule has 3 aliphatic rings. The number of benzene rings is 9. The molecule has 3 aliphatic heterocycles. The summed E-state index contributed by atoms with van der Waals surface area (Å²) in [5, 5.41) is 8.83. The largest absolute Gasteiger partial charge is 0.360 e. The van der Waals surface area contributed by atoms with E-state index in [9.17, 15) is 0 Å². The van der Waals surface area contributed by atoms with E-state index in [-0.39, 0.29) is 6.17 Å². The van der Waals surface area contributed by atoms with Crippen LogP contribution < -0.4 is 5.32 Å². The molecule has 14 rings (SSSR count). The number of allylic oxidation sites excluding steroid dienone is 1. The molecule has 0 bridgehead atoms. The first kappa shape index (κ1) is 35.7. The minimum atomic E-state index is -0.566. The van der Waals surface area contributed by atoms with Gasteiger partial charge < -0.3 is 14.5 Å². The summed E-state index contributed by atoms with van der Waals surface area (Å²) < 4.78 is 5.00. The van der Waals surface area contributed by atoms with Crippen molar-refractivity contribution in [2.45, 2.75) is 21.4 Å². The molecule has 1 spiro atoms. The zero-order chi connectivity index (χ0) is 41.9. The van der Waals surface area contributed by atoms with Gasteiger partial charge in [-0.1, -0.05) is 176 Å². The second-order valence-corrected chi connectivity index (χ2v) is 18.2. The summed E-state index contributed by atoms with van der Waals surface area (Å²) >= 11 is 1.90. The summed E-state index contributed by atoms with van der Waals surface area (Å²) in [7, 11) is 0. The van der Waals surface area contributed by atoms with Crippen LogP contribution in [0.3, 0.4) is 0 Å². The van der Waals surface area contributed by atoms with Crippen LogP contribution in [0, 0.1) is 0 Å². The number of aromatic nitrogens is 2. The van der Waals surface area contributed by atoms with Gasteiger partial charge in [0.05, 0.1) is 38.9 Å². The maximum absolute atomic E-state index is 5.18. The first-order valence-electron chi connectivity index (χ1n) is 22.0. The second-order valence-electron chi connectivity index (χ2n) is 17.1. The molecule has 1 N–H and O–H groups in total. The third-order valence-corrected chi connectivity index (χ3v) is 14.9. The van der Waals surface area contributed by atoms with Crippen LogP contribution in [0.5, 0.6) is 0 Å². The number of hydrogen-bond donors (Lipinski definition) is 1. The Balaban J connectivity index is 0.993. The molecule has 0 saturated carbocycles. The topological polar surface area (TPSA) is 34.2 Å². The van der Waals surface area contributed by atoms with Gasteiger partial charge in [-0.15, -0.1) is 0 Å². The van der Waals surface area contributed by atoms with E-state index in [0.29, 0.717) is 0 Å². The van der Waals surface area contributed by atoms with E-state index in [4.69, 9.17) is 4.99 Å². The van der Waals surface area contributed by atoms with Gasteiger partial charge in [-0.3, -0.25) is 4.99 Å². The molecule has 0 radical (unpaired) electrons. The maximum atomic E-state index is 5.18. The smallest absolute Gasteiger partial charge is 0.145 e. The maximum Gasteiger partial charge on any atom is 0.145 e. The van der Waals surface area contributed by atoms with Crippen LogP contribution in [0.2, 0.25) is 0 Å². The Labute approximate surface area is 374 Å². The molecule has 9 aromatic carbocycles. The molecule has 0 saturated heterocycles. The van der Waals surface area contributed by atoms with Crippen molar-refractivity contribution in [2.24, 2.45) is 4.99 Å². The molecule has 2 aromatic heterocycles. The Hall–Kier alpha value is -7.86. The van der Waals surface area contributed by atoms with Gasteiger partial charge >= 0.3 is 0 Å². The molecule has 2 atom stereocenters. The summed E-state index contributed by atoms with van der Waals surface area (Å²) in [6.07, 6.45) is 1.99. The van der Waals surface area contributed by atoms with Crippen molar-refractivity contribution >= 4 is 66.8 Å². The Kier molecular flexibility index (Phi) is 7.57. The monoisotopic (exact) mass is 834 g/mol. The van der Waals surface area contributed by atoms with Gasteiger partial charge in [-0.25, -0.2) is 0 Å². The lowest BCUT2D eigenvalue weighted by Crippen LogP contribution is -2.37. The molecule has 2 unspecified atom stereocenters. The Morgan fingerprint density at radius 3 is 1.91 bits per heavy atom. The molecule has 64 heavy (non-hydrogen) atoms. The number of nitrogens with zero attached hydrogens (tertiary/aromatic N) is 3. The molecule has 300 valence electrons. The zero-order valence-corrected chi connectivity index (χ0v) is 35.4. The van der Waals surface area contributed by atoms with Crippen molar-refractivity contribution < 1.29 is 0 Å². The van der Waals surface area contributed by atoms with Crippen molar-refractivity contribution in [1.29, 1.82) is 0 Å². The quantitative estimate of drug-likeness (QED) is 0.192. The standard InChI is InChI=1S/C59H38N4S/c1-3-16-37(17-4-1)49-36-50(61-58(60-49)39-18-5-2-6-19-39)38-30-32-40(33-31-38)62-51-26-11-8-21-42(51)44-34-56-48(35-54(44)62)59(46-24-10-14-29-55(46)64-56)45-23-9-13-28-53(45)63-52-27-12-7-20-41(52)43-22-15-25-47(59)57(43)63/h1-36,58,61H. The van der Waals surface area contributed by atoms with Crippen LogP contribution in [-0.4, -0.2) is 14.8 Å². The highest BCUT2D eigenvalue weighted by atomic mass is 32.2. The van der Waals surface area contributed by atoms with Gasteiger partial charge in [0, 0.05) is 42.7 Å².